The molecule has 0 saturated carbocycles. The van der Waals surface area contributed by atoms with Crippen molar-refractivity contribution in [2.24, 2.45) is 10.9 Å². The van der Waals surface area contributed by atoms with Crippen LogP contribution in [0, 0.1) is 5.92 Å². The van der Waals surface area contributed by atoms with Crippen molar-refractivity contribution in [3.05, 3.63) is 51.4 Å². The zero-order valence-corrected chi connectivity index (χ0v) is 17.6. The summed E-state index contributed by atoms with van der Waals surface area (Å²) in [5, 5.41) is 9.53. The monoisotopic (exact) mass is 405 g/mol. The molecule has 2 aromatic heterocycles. The first-order chi connectivity index (χ1) is 13.2. The third kappa shape index (κ3) is 5.92. The van der Waals surface area contributed by atoms with E-state index < -0.39 is 0 Å². The molecule has 27 heavy (non-hydrogen) atoms. The molecule has 7 heteroatoms. The van der Waals surface area contributed by atoms with Crippen LogP contribution in [0.2, 0.25) is 5.15 Å². The highest BCUT2D eigenvalue weighted by molar-refractivity contribution is 7.10. The van der Waals surface area contributed by atoms with E-state index in [0.29, 0.717) is 17.7 Å². The molecule has 0 radical (unpaired) electrons. The summed E-state index contributed by atoms with van der Waals surface area (Å²) < 4.78 is 0. The Hall–Kier alpha value is -1.63. The van der Waals surface area contributed by atoms with Crippen LogP contribution in [0.3, 0.4) is 0 Å². The van der Waals surface area contributed by atoms with Crippen LogP contribution >= 0.6 is 22.9 Å². The Bertz CT molecular complexity index is 708. The molecule has 2 aromatic rings. The number of aromatic nitrogens is 1. The number of aliphatic imine (C=N–C) groups is 1. The van der Waals surface area contributed by atoms with E-state index in [9.17, 15) is 0 Å². The van der Waals surface area contributed by atoms with Crippen molar-refractivity contribution in [3.8, 4) is 0 Å². The van der Waals surface area contributed by atoms with Gasteiger partial charge in [0.15, 0.2) is 5.96 Å². The topological polar surface area (TPSA) is 52.6 Å². The SMILES string of the molecule is CN=C(NCc1ccc(Cl)nc1)NCC(c1cccs1)N1CCC(C)CC1. The maximum atomic E-state index is 5.85. The molecule has 0 aromatic carbocycles. The summed E-state index contributed by atoms with van der Waals surface area (Å²) in [4.78, 5) is 12.5. The second-order valence-corrected chi connectivity index (χ2v) is 8.41. The maximum absolute atomic E-state index is 5.85. The number of halogens is 1. The fourth-order valence-corrected chi connectivity index (χ4v) is 4.31. The normalized spacial score (nSPS) is 17.7. The molecule has 1 unspecified atom stereocenters. The van der Waals surface area contributed by atoms with Gasteiger partial charge in [-0.25, -0.2) is 4.98 Å². The minimum atomic E-state index is 0.383. The van der Waals surface area contributed by atoms with Crippen molar-refractivity contribution in [1.82, 2.24) is 20.5 Å². The van der Waals surface area contributed by atoms with Gasteiger partial charge < -0.3 is 10.6 Å². The van der Waals surface area contributed by atoms with E-state index >= 15 is 0 Å². The summed E-state index contributed by atoms with van der Waals surface area (Å²) in [6, 6.07) is 8.54. The first-order valence-corrected chi connectivity index (χ1v) is 10.7. The lowest BCUT2D eigenvalue weighted by molar-refractivity contribution is 0.140. The first kappa shape index (κ1) is 20.1. The number of rotatable bonds is 6. The van der Waals surface area contributed by atoms with Gasteiger partial charge in [-0.05, 0) is 54.9 Å². The predicted molar refractivity (Wildman–Crippen MR) is 114 cm³/mol. The number of piperidine rings is 1. The van der Waals surface area contributed by atoms with E-state index in [1.165, 1.54) is 17.7 Å². The van der Waals surface area contributed by atoms with Gasteiger partial charge in [0.25, 0.3) is 0 Å². The van der Waals surface area contributed by atoms with E-state index in [-0.39, 0.29) is 0 Å². The van der Waals surface area contributed by atoms with E-state index in [1.54, 1.807) is 19.3 Å². The van der Waals surface area contributed by atoms with E-state index in [1.807, 2.05) is 17.4 Å². The van der Waals surface area contributed by atoms with Crippen LogP contribution in [-0.2, 0) is 6.54 Å². The van der Waals surface area contributed by atoms with Crippen molar-refractivity contribution in [3.63, 3.8) is 0 Å². The molecule has 1 atom stereocenters. The average Bonchev–Trinajstić information content (AvgIpc) is 3.21. The quantitative estimate of drug-likeness (QED) is 0.434. The van der Waals surface area contributed by atoms with Crippen molar-refractivity contribution >= 4 is 28.9 Å². The highest BCUT2D eigenvalue weighted by Crippen LogP contribution is 2.29. The molecule has 5 nitrogen and oxygen atoms in total. The van der Waals surface area contributed by atoms with Crippen molar-refractivity contribution < 1.29 is 0 Å². The molecule has 0 aliphatic carbocycles. The second kappa shape index (κ2) is 10.1. The van der Waals surface area contributed by atoms with Crippen molar-refractivity contribution in [1.29, 1.82) is 0 Å². The molecule has 3 heterocycles. The number of nitrogens with one attached hydrogen (secondary N) is 2. The largest absolute Gasteiger partial charge is 0.354 e. The van der Waals surface area contributed by atoms with Gasteiger partial charge in [0.05, 0.1) is 6.04 Å². The lowest BCUT2D eigenvalue weighted by atomic mass is 9.97. The summed E-state index contributed by atoms with van der Waals surface area (Å²) in [5.74, 6) is 1.64. The molecule has 2 N–H and O–H groups in total. The molecule has 1 aliphatic rings. The molecular formula is C20H28ClN5S. The minimum absolute atomic E-state index is 0.383. The zero-order valence-electron chi connectivity index (χ0n) is 16.0. The van der Waals surface area contributed by atoms with Gasteiger partial charge >= 0.3 is 0 Å². The fourth-order valence-electron chi connectivity index (χ4n) is 3.34. The maximum Gasteiger partial charge on any atom is 0.191 e. The summed E-state index contributed by atoms with van der Waals surface area (Å²) in [7, 11) is 1.80. The number of pyridine rings is 1. The van der Waals surface area contributed by atoms with Crippen LogP contribution < -0.4 is 10.6 Å². The Labute approximate surface area is 170 Å². The first-order valence-electron chi connectivity index (χ1n) is 9.48. The highest BCUT2D eigenvalue weighted by atomic mass is 35.5. The third-order valence-corrected chi connectivity index (χ3v) is 6.26. The van der Waals surface area contributed by atoms with Gasteiger partial charge in [-0.3, -0.25) is 9.89 Å². The van der Waals surface area contributed by atoms with Crippen LogP contribution in [0.5, 0.6) is 0 Å². The standard InChI is InChI=1S/C20H28ClN5S/c1-15-7-9-26(10-8-15)17(18-4-3-11-27-18)14-25-20(22-2)24-13-16-5-6-19(21)23-12-16/h3-6,11-12,15,17H,7-10,13-14H2,1-2H3,(H2,22,24,25). The molecule has 1 aliphatic heterocycles. The molecule has 3 rings (SSSR count). The van der Waals surface area contributed by atoms with Crippen LogP contribution in [-0.4, -0.2) is 42.5 Å². The second-order valence-electron chi connectivity index (χ2n) is 7.05. The molecule has 0 bridgehead atoms. The van der Waals surface area contributed by atoms with Gasteiger partial charge in [0.1, 0.15) is 5.15 Å². The molecule has 146 valence electrons. The van der Waals surface area contributed by atoms with Gasteiger partial charge in [0, 0.05) is 31.2 Å². The Kier molecular flexibility index (Phi) is 7.50. The van der Waals surface area contributed by atoms with Crippen LogP contribution in [0.4, 0.5) is 0 Å². The van der Waals surface area contributed by atoms with Crippen LogP contribution in [0.1, 0.15) is 36.2 Å². The Balaban J connectivity index is 1.57. The van der Waals surface area contributed by atoms with Crippen LogP contribution in [0.15, 0.2) is 40.8 Å². The molecule has 1 fully saturated rings. The third-order valence-electron chi connectivity index (χ3n) is 5.07. The zero-order chi connectivity index (χ0) is 19.1. The lowest BCUT2D eigenvalue weighted by Crippen LogP contribution is -2.44. The van der Waals surface area contributed by atoms with Crippen LogP contribution in [0.25, 0.3) is 0 Å². The Morgan fingerprint density at radius 3 is 2.78 bits per heavy atom. The fraction of sp³-hybridized carbons (Fsp3) is 0.500. The summed E-state index contributed by atoms with van der Waals surface area (Å²) in [6.07, 6.45) is 4.34. The van der Waals surface area contributed by atoms with Gasteiger partial charge in [0.2, 0.25) is 0 Å². The van der Waals surface area contributed by atoms with E-state index in [4.69, 9.17) is 11.6 Å². The highest BCUT2D eigenvalue weighted by Gasteiger charge is 2.25. The summed E-state index contributed by atoms with van der Waals surface area (Å²) in [6.45, 7) is 6.18. The van der Waals surface area contributed by atoms with Crippen molar-refractivity contribution in [2.45, 2.75) is 32.4 Å². The molecular weight excluding hydrogens is 378 g/mol. The van der Waals surface area contributed by atoms with Gasteiger partial charge in [-0.2, -0.15) is 0 Å². The Morgan fingerprint density at radius 2 is 2.15 bits per heavy atom. The number of likely N-dealkylation sites (tertiary alicyclic amines) is 1. The number of nitrogens with zero attached hydrogens (tertiary/aromatic N) is 3. The molecule has 0 amide bonds. The smallest absolute Gasteiger partial charge is 0.191 e. The predicted octanol–water partition coefficient (Wildman–Crippen LogP) is 3.93. The number of hydrogen-bond acceptors (Lipinski definition) is 4. The van der Waals surface area contributed by atoms with Gasteiger partial charge in [-0.15, -0.1) is 11.3 Å². The lowest BCUT2D eigenvalue weighted by Gasteiger charge is -2.36. The number of hydrogen-bond donors (Lipinski definition) is 2. The molecule has 0 spiro atoms. The molecule has 1 saturated heterocycles. The average molecular weight is 406 g/mol. The summed E-state index contributed by atoms with van der Waals surface area (Å²) >= 11 is 7.68. The van der Waals surface area contributed by atoms with E-state index in [0.717, 1.165) is 37.1 Å². The Morgan fingerprint density at radius 1 is 1.33 bits per heavy atom. The number of guanidine groups is 1. The number of thiophene rings is 1. The van der Waals surface area contributed by atoms with Gasteiger partial charge in [-0.1, -0.05) is 30.7 Å². The summed E-state index contributed by atoms with van der Waals surface area (Å²) in [5.41, 5.74) is 1.07. The minimum Gasteiger partial charge on any atom is -0.354 e. The van der Waals surface area contributed by atoms with E-state index in [2.05, 4.69) is 49.9 Å². The van der Waals surface area contributed by atoms with Crippen molar-refractivity contribution in [2.75, 3.05) is 26.7 Å².